The van der Waals surface area contributed by atoms with E-state index in [9.17, 15) is 9.59 Å². The van der Waals surface area contributed by atoms with Crippen molar-refractivity contribution in [2.45, 2.75) is 0 Å². The molecule has 0 bridgehead atoms. The summed E-state index contributed by atoms with van der Waals surface area (Å²) < 4.78 is 0. The van der Waals surface area contributed by atoms with Crippen LogP contribution in [0.15, 0.2) is 48.5 Å². The van der Waals surface area contributed by atoms with Crippen LogP contribution in [0.4, 0.5) is 10.5 Å². The fraction of sp³-hybridized carbons (Fsp3) is 0.0667. The Kier molecular flexibility index (Phi) is 4.92. The molecule has 2 N–H and O–H groups in total. The van der Waals surface area contributed by atoms with Gasteiger partial charge in [-0.05, 0) is 18.2 Å². The van der Waals surface area contributed by atoms with E-state index in [1.807, 2.05) is 6.07 Å². The number of hydrogen-bond donors (Lipinski definition) is 2. The molecule has 6 heteroatoms. The summed E-state index contributed by atoms with van der Waals surface area (Å²) in [4.78, 5) is 28.1. The molecule has 0 atom stereocenters. The fourth-order valence-electron chi connectivity index (χ4n) is 1.77. The first-order valence-electron chi connectivity index (χ1n) is 6.11. The highest BCUT2D eigenvalue weighted by atomic mass is 35.5. The molecule has 5 nitrogen and oxygen atoms in total. The SMILES string of the molecule is CONC(=O)Nc1ccc(C(=O)c2ccccc2)c(Cl)c1. The Hall–Kier alpha value is -2.37. The molecule has 0 heterocycles. The maximum atomic E-state index is 12.3. The number of hydrogen-bond acceptors (Lipinski definition) is 3. The molecule has 21 heavy (non-hydrogen) atoms. The third kappa shape index (κ3) is 3.81. The molecule has 0 aliphatic heterocycles. The smallest absolute Gasteiger partial charge is 0.306 e. The van der Waals surface area contributed by atoms with Gasteiger partial charge in [-0.2, -0.15) is 0 Å². The molecule has 2 aromatic carbocycles. The number of nitrogens with one attached hydrogen (secondary N) is 2. The van der Waals surface area contributed by atoms with Crippen LogP contribution in [0.5, 0.6) is 0 Å². The lowest BCUT2D eigenvalue weighted by molar-refractivity contribution is 0.103. The van der Waals surface area contributed by atoms with Gasteiger partial charge in [0.15, 0.2) is 5.78 Å². The van der Waals surface area contributed by atoms with E-state index >= 15 is 0 Å². The Morgan fingerprint density at radius 3 is 2.43 bits per heavy atom. The molecule has 0 saturated carbocycles. The third-order valence-corrected chi connectivity index (χ3v) is 3.02. The molecule has 0 saturated heterocycles. The first-order valence-corrected chi connectivity index (χ1v) is 6.49. The highest BCUT2D eigenvalue weighted by Crippen LogP contribution is 2.23. The van der Waals surface area contributed by atoms with Crippen molar-refractivity contribution in [1.29, 1.82) is 0 Å². The Morgan fingerprint density at radius 1 is 1.10 bits per heavy atom. The normalized spacial score (nSPS) is 10.0. The van der Waals surface area contributed by atoms with Crippen LogP contribution in [0.1, 0.15) is 15.9 Å². The average Bonchev–Trinajstić information content (AvgIpc) is 2.48. The van der Waals surface area contributed by atoms with Crippen molar-refractivity contribution in [3.05, 3.63) is 64.7 Å². The quantitative estimate of drug-likeness (QED) is 0.673. The van der Waals surface area contributed by atoms with Crippen LogP contribution >= 0.6 is 11.6 Å². The molecule has 2 amide bonds. The number of rotatable bonds is 4. The lowest BCUT2D eigenvalue weighted by atomic mass is 10.0. The van der Waals surface area contributed by atoms with Crippen LogP contribution in [0.25, 0.3) is 0 Å². The number of carbonyl (C=O) groups excluding carboxylic acids is 2. The highest BCUT2D eigenvalue weighted by molar-refractivity contribution is 6.35. The number of ketones is 1. The summed E-state index contributed by atoms with van der Waals surface area (Å²) in [6, 6.07) is 13.0. The van der Waals surface area contributed by atoms with Crippen molar-refractivity contribution in [3.63, 3.8) is 0 Å². The highest BCUT2D eigenvalue weighted by Gasteiger charge is 2.13. The number of benzene rings is 2. The molecule has 0 fully saturated rings. The zero-order valence-corrected chi connectivity index (χ0v) is 12.0. The molecule has 108 valence electrons. The molecule has 0 aliphatic rings. The minimum atomic E-state index is -0.532. The minimum Gasteiger partial charge on any atom is -0.306 e. The topological polar surface area (TPSA) is 67.4 Å². The zero-order valence-electron chi connectivity index (χ0n) is 11.2. The Labute approximate surface area is 126 Å². The van der Waals surface area contributed by atoms with Crippen LogP contribution in [-0.4, -0.2) is 18.9 Å². The first kappa shape index (κ1) is 15.0. The van der Waals surface area contributed by atoms with Gasteiger partial charge in [0.05, 0.1) is 12.1 Å². The molecular weight excluding hydrogens is 292 g/mol. The second-order valence-electron chi connectivity index (χ2n) is 4.15. The van der Waals surface area contributed by atoms with Crippen LogP contribution in [0, 0.1) is 0 Å². The lowest BCUT2D eigenvalue weighted by Gasteiger charge is -2.08. The number of urea groups is 1. The van der Waals surface area contributed by atoms with E-state index in [4.69, 9.17) is 11.6 Å². The second kappa shape index (κ2) is 6.88. The molecule has 2 aromatic rings. The Bertz CT molecular complexity index is 659. The molecule has 0 spiro atoms. The standard InChI is InChI=1S/C15H13ClN2O3/c1-21-18-15(20)17-11-7-8-12(13(16)9-11)14(19)10-5-3-2-4-6-10/h2-9H,1H3,(H2,17,18,20). The summed E-state index contributed by atoms with van der Waals surface area (Å²) >= 11 is 6.11. The fourth-order valence-corrected chi connectivity index (χ4v) is 2.04. The number of hydroxylamine groups is 1. The van der Waals surface area contributed by atoms with Crippen LogP contribution in [-0.2, 0) is 4.84 Å². The Morgan fingerprint density at radius 2 is 1.81 bits per heavy atom. The number of amides is 2. The summed E-state index contributed by atoms with van der Waals surface area (Å²) in [6.07, 6.45) is 0. The van der Waals surface area contributed by atoms with Crippen LogP contribution in [0.2, 0.25) is 5.02 Å². The summed E-state index contributed by atoms with van der Waals surface area (Å²) in [7, 11) is 1.33. The van der Waals surface area contributed by atoms with E-state index in [0.717, 1.165) is 0 Å². The van der Waals surface area contributed by atoms with Crippen LogP contribution < -0.4 is 10.8 Å². The van der Waals surface area contributed by atoms with E-state index < -0.39 is 6.03 Å². The lowest BCUT2D eigenvalue weighted by Crippen LogP contribution is -2.27. The first-order chi connectivity index (χ1) is 10.1. The number of carbonyl (C=O) groups is 2. The summed E-state index contributed by atoms with van der Waals surface area (Å²) in [5.41, 5.74) is 3.50. The van der Waals surface area contributed by atoms with Crippen LogP contribution in [0.3, 0.4) is 0 Å². The monoisotopic (exact) mass is 304 g/mol. The van der Waals surface area contributed by atoms with Gasteiger partial charge in [0, 0.05) is 16.8 Å². The van der Waals surface area contributed by atoms with Crippen molar-refractivity contribution in [3.8, 4) is 0 Å². The largest absolute Gasteiger partial charge is 0.343 e. The van der Waals surface area contributed by atoms with Gasteiger partial charge in [0.25, 0.3) is 0 Å². The van der Waals surface area contributed by atoms with E-state index in [2.05, 4.69) is 15.6 Å². The van der Waals surface area contributed by atoms with Crippen molar-refractivity contribution in [2.75, 3.05) is 12.4 Å². The number of anilines is 1. The average molecular weight is 305 g/mol. The predicted molar refractivity (Wildman–Crippen MR) is 80.5 cm³/mol. The van der Waals surface area contributed by atoms with Gasteiger partial charge in [0.2, 0.25) is 0 Å². The summed E-state index contributed by atoms with van der Waals surface area (Å²) in [6.45, 7) is 0. The molecule has 0 unspecified atom stereocenters. The van der Waals surface area contributed by atoms with Gasteiger partial charge in [-0.3, -0.25) is 9.63 Å². The molecular formula is C15H13ClN2O3. The second-order valence-corrected chi connectivity index (χ2v) is 4.56. The summed E-state index contributed by atoms with van der Waals surface area (Å²) in [5.74, 6) is -0.173. The zero-order chi connectivity index (χ0) is 15.2. The predicted octanol–water partition coefficient (Wildman–Crippen LogP) is 3.25. The van der Waals surface area contributed by atoms with E-state index in [1.54, 1.807) is 36.4 Å². The maximum Gasteiger partial charge on any atom is 0.343 e. The summed E-state index contributed by atoms with van der Waals surface area (Å²) in [5, 5.41) is 2.78. The Balaban J connectivity index is 2.20. The van der Waals surface area contributed by atoms with Crippen molar-refractivity contribution >= 4 is 29.1 Å². The minimum absolute atomic E-state index is 0.173. The van der Waals surface area contributed by atoms with Gasteiger partial charge >= 0.3 is 6.03 Å². The van der Waals surface area contributed by atoms with Gasteiger partial charge in [-0.1, -0.05) is 41.9 Å². The third-order valence-electron chi connectivity index (χ3n) is 2.70. The van der Waals surface area contributed by atoms with Crippen molar-refractivity contribution in [2.24, 2.45) is 0 Å². The molecule has 0 aliphatic carbocycles. The maximum absolute atomic E-state index is 12.3. The number of halogens is 1. The van der Waals surface area contributed by atoms with Crippen molar-refractivity contribution < 1.29 is 14.4 Å². The van der Waals surface area contributed by atoms with E-state index in [1.165, 1.54) is 13.2 Å². The molecule has 2 rings (SSSR count). The molecule has 0 aromatic heterocycles. The van der Waals surface area contributed by atoms with Gasteiger partial charge in [-0.15, -0.1) is 0 Å². The molecule has 0 radical (unpaired) electrons. The van der Waals surface area contributed by atoms with Gasteiger partial charge in [0.1, 0.15) is 0 Å². The van der Waals surface area contributed by atoms with Gasteiger partial charge < -0.3 is 5.32 Å². The van der Waals surface area contributed by atoms with E-state index in [-0.39, 0.29) is 10.8 Å². The van der Waals surface area contributed by atoms with E-state index in [0.29, 0.717) is 16.8 Å². The van der Waals surface area contributed by atoms with Crippen molar-refractivity contribution in [1.82, 2.24) is 5.48 Å². The van der Waals surface area contributed by atoms with Gasteiger partial charge in [-0.25, -0.2) is 10.3 Å².